The smallest absolute Gasteiger partial charge is 0.261 e. The maximum Gasteiger partial charge on any atom is 0.261 e. The van der Waals surface area contributed by atoms with Crippen LogP contribution >= 0.6 is 0 Å². The molecule has 0 saturated carbocycles. The molecule has 0 bridgehead atoms. The number of hydrogen-bond donors (Lipinski definition) is 1. The fourth-order valence-electron chi connectivity index (χ4n) is 2.05. The van der Waals surface area contributed by atoms with Gasteiger partial charge < -0.3 is 9.84 Å². The first kappa shape index (κ1) is 13.1. The SMILES string of the molecule is Cc1noc(-c2ccccc2)c1C(=O)Nc1cccnc1. The summed E-state index contributed by atoms with van der Waals surface area (Å²) in [6.45, 7) is 1.74. The Labute approximate surface area is 121 Å². The van der Waals surface area contributed by atoms with Gasteiger partial charge in [-0.25, -0.2) is 0 Å². The van der Waals surface area contributed by atoms with Crippen molar-refractivity contribution in [2.24, 2.45) is 0 Å². The molecular formula is C16H13N3O2. The van der Waals surface area contributed by atoms with E-state index in [1.807, 2.05) is 30.3 Å². The molecule has 0 spiro atoms. The highest BCUT2D eigenvalue weighted by Gasteiger charge is 2.21. The van der Waals surface area contributed by atoms with Gasteiger partial charge in [0.05, 0.1) is 17.6 Å². The zero-order chi connectivity index (χ0) is 14.7. The molecule has 21 heavy (non-hydrogen) atoms. The van der Waals surface area contributed by atoms with Gasteiger partial charge >= 0.3 is 0 Å². The van der Waals surface area contributed by atoms with E-state index in [4.69, 9.17) is 4.52 Å². The first-order valence-corrected chi connectivity index (χ1v) is 6.49. The van der Waals surface area contributed by atoms with Crippen molar-refractivity contribution in [1.29, 1.82) is 0 Å². The predicted molar refractivity (Wildman–Crippen MR) is 78.9 cm³/mol. The molecular weight excluding hydrogens is 266 g/mol. The van der Waals surface area contributed by atoms with Gasteiger partial charge in [0.1, 0.15) is 5.56 Å². The summed E-state index contributed by atoms with van der Waals surface area (Å²) in [5, 5.41) is 6.70. The van der Waals surface area contributed by atoms with Crippen LogP contribution in [0.25, 0.3) is 11.3 Å². The second-order valence-corrected chi connectivity index (χ2v) is 4.53. The standard InChI is InChI=1S/C16H13N3O2/c1-11-14(16(20)18-13-8-5-9-17-10-13)15(21-19-11)12-6-3-2-4-7-12/h2-10H,1H3,(H,18,20). The Bertz CT molecular complexity index is 752. The molecule has 5 nitrogen and oxygen atoms in total. The van der Waals surface area contributed by atoms with Crippen LogP contribution in [0.4, 0.5) is 5.69 Å². The number of hydrogen-bond acceptors (Lipinski definition) is 4. The van der Waals surface area contributed by atoms with Crippen molar-refractivity contribution < 1.29 is 9.32 Å². The number of amides is 1. The van der Waals surface area contributed by atoms with E-state index in [0.29, 0.717) is 22.7 Å². The Morgan fingerprint density at radius 1 is 1.14 bits per heavy atom. The van der Waals surface area contributed by atoms with Crippen molar-refractivity contribution in [2.75, 3.05) is 5.32 Å². The maximum atomic E-state index is 12.5. The topological polar surface area (TPSA) is 68.0 Å². The third kappa shape index (κ3) is 2.67. The number of aryl methyl sites for hydroxylation is 1. The minimum absolute atomic E-state index is 0.263. The van der Waals surface area contributed by atoms with Gasteiger partial charge in [-0.15, -0.1) is 0 Å². The maximum absolute atomic E-state index is 12.5. The lowest BCUT2D eigenvalue weighted by atomic mass is 10.1. The Hall–Kier alpha value is -2.95. The molecule has 1 N–H and O–H groups in total. The molecule has 1 aromatic carbocycles. The van der Waals surface area contributed by atoms with Gasteiger partial charge in [0.25, 0.3) is 5.91 Å². The van der Waals surface area contributed by atoms with Gasteiger partial charge in [0.2, 0.25) is 0 Å². The van der Waals surface area contributed by atoms with Gasteiger partial charge in [0, 0.05) is 11.8 Å². The predicted octanol–water partition coefficient (Wildman–Crippen LogP) is 3.30. The molecule has 0 fully saturated rings. The van der Waals surface area contributed by atoms with Crippen LogP contribution < -0.4 is 5.32 Å². The van der Waals surface area contributed by atoms with Crippen LogP contribution in [0.15, 0.2) is 59.4 Å². The van der Waals surface area contributed by atoms with Gasteiger partial charge in [0.15, 0.2) is 5.76 Å². The number of anilines is 1. The van der Waals surface area contributed by atoms with Gasteiger partial charge in [-0.3, -0.25) is 9.78 Å². The third-order valence-electron chi connectivity index (χ3n) is 3.05. The highest BCUT2D eigenvalue weighted by molar-refractivity contribution is 6.08. The lowest BCUT2D eigenvalue weighted by Crippen LogP contribution is -2.13. The zero-order valence-electron chi connectivity index (χ0n) is 11.4. The first-order valence-electron chi connectivity index (χ1n) is 6.49. The van der Waals surface area contributed by atoms with Crippen LogP contribution in [0, 0.1) is 6.92 Å². The molecule has 104 valence electrons. The minimum Gasteiger partial charge on any atom is -0.355 e. The summed E-state index contributed by atoms with van der Waals surface area (Å²) in [6.07, 6.45) is 3.23. The second-order valence-electron chi connectivity index (χ2n) is 4.53. The van der Waals surface area contributed by atoms with E-state index in [1.54, 1.807) is 31.5 Å². The molecule has 1 amide bonds. The first-order chi connectivity index (χ1) is 10.3. The Balaban J connectivity index is 1.95. The quantitative estimate of drug-likeness (QED) is 0.798. The molecule has 0 aliphatic rings. The van der Waals surface area contributed by atoms with Gasteiger partial charge in [-0.2, -0.15) is 0 Å². The summed E-state index contributed by atoms with van der Waals surface area (Å²) in [5.41, 5.74) is 2.43. The van der Waals surface area contributed by atoms with E-state index in [9.17, 15) is 4.79 Å². The normalized spacial score (nSPS) is 10.3. The summed E-state index contributed by atoms with van der Waals surface area (Å²) in [6, 6.07) is 13.0. The van der Waals surface area contributed by atoms with Crippen molar-refractivity contribution in [2.45, 2.75) is 6.92 Å². The van der Waals surface area contributed by atoms with Crippen LogP contribution in [0.3, 0.4) is 0 Å². The van der Waals surface area contributed by atoms with E-state index < -0.39 is 0 Å². The van der Waals surface area contributed by atoms with E-state index in [1.165, 1.54) is 0 Å². The molecule has 3 rings (SSSR count). The van der Waals surface area contributed by atoms with Gasteiger partial charge in [-0.1, -0.05) is 35.5 Å². The largest absolute Gasteiger partial charge is 0.355 e. The number of carbonyl (C=O) groups is 1. The van der Waals surface area contributed by atoms with Crippen molar-refractivity contribution >= 4 is 11.6 Å². The van der Waals surface area contributed by atoms with Crippen LogP contribution in [0.5, 0.6) is 0 Å². The average Bonchev–Trinajstić information content (AvgIpc) is 2.91. The van der Waals surface area contributed by atoms with E-state index >= 15 is 0 Å². The van der Waals surface area contributed by atoms with E-state index in [0.717, 1.165) is 5.56 Å². The molecule has 0 saturated heterocycles. The minimum atomic E-state index is -0.263. The zero-order valence-corrected chi connectivity index (χ0v) is 11.4. The van der Waals surface area contributed by atoms with Crippen molar-refractivity contribution in [3.63, 3.8) is 0 Å². The number of pyridine rings is 1. The molecule has 0 unspecified atom stereocenters. The number of benzene rings is 1. The Morgan fingerprint density at radius 3 is 2.67 bits per heavy atom. The third-order valence-corrected chi connectivity index (χ3v) is 3.05. The van der Waals surface area contributed by atoms with E-state index in [2.05, 4.69) is 15.5 Å². The summed E-state index contributed by atoms with van der Waals surface area (Å²) < 4.78 is 5.31. The van der Waals surface area contributed by atoms with Crippen LogP contribution in [-0.2, 0) is 0 Å². The average molecular weight is 279 g/mol. The van der Waals surface area contributed by atoms with Crippen molar-refractivity contribution in [3.8, 4) is 11.3 Å². The number of aromatic nitrogens is 2. The molecule has 2 aromatic heterocycles. The lowest BCUT2D eigenvalue weighted by molar-refractivity contribution is 0.102. The van der Waals surface area contributed by atoms with Crippen LogP contribution in [0.2, 0.25) is 0 Å². The van der Waals surface area contributed by atoms with Gasteiger partial charge in [-0.05, 0) is 19.1 Å². The summed E-state index contributed by atoms with van der Waals surface area (Å²) in [4.78, 5) is 16.4. The molecule has 3 aromatic rings. The number of nitrogens with one attached hydrogen (secondary N) is 1. The Morgan fingerprint density at radius 2 is 1.95 bits per heavy atom. The molecule has 0 aliphatic heterocycles. The van der Waals surface area contributed by atoms with Crippen LogP contribution in [-0.4, -0.2) is 16.0 Å². The number of nitrogens with zero attached hydrogens (tertiary/aromatic N) is 2. The summed E-state index contributed by atoms with van der Waals surface area (Å²) in [7, 11) is 0. The monoisotopic (exact) mass is 279 g/mol. The summed E-state index contributed by atoms with van der Waals surface area (Å²) in [5.74, 6) is 0.204. The highest BCUT2D eigenvalue weighted by atomic mass is 16.5. The number of carbonyl (C=O) groups excluding carboxylic acids is 1. The molecule has 0 atom stereocenters. The molecule has 5 heteroatoms. The Kier molecular flexibility index (Phi) is 3.47. The highest BCUT2D eigenvalue weighted by Crippen LogP contribution is 2.26. The van der Waals surface area contributed by atoms with Crippen molar-refractivity contribution in [3.05, 3.63) is 66.1 Å². The molecule has 0 radical (unpaired) electrons. The number of rotatable bonds is 3. The van der Waals surface area contributed by atoms with Crippen molar-refractivity contribution in [1.82, 2.24) is 10.1 Å². The molecule has 2 heterocycles. The van der Waals surface area contributed by atoms with Crippen LogP contribution in [0.1, 0.15) is 16.1 Å². The van der Waals surface area contributed by atoms with E-state index in [-0.39, 0.29) is 5.91 Å². The fraction of sp³-hybridized carbons (Fsp3) is 0.0625. The molecule has 0 aliphatic carbocycles. The lowest BCUT2D eigenvalue weighted by Gasteiger charge is -2.05. The second kappa shape index (κ2) is 5.58. The fourth-order valence-corrected chi connectivity index (χ4v) is 2.05. The summed E-state index contributed by atoms with van der Waals surface area (Å²) >= 11 is 0.